The Morgan fingerprint density at radius 2 is 2.00 bits per heavy atom. The van der Waals surface area contributed by atoms with Crippen LogP contribution < -0.4 is 9.47 Å². The van der Waals surface area contributed by atoms with Gasteiger partial charge in [0.2, 0.25) is 0 Å². The van der Waals surface area contributed by atoms with Crippen LogP contribution in [0.15, 0.2) is 48.5 Å². The molecule has 0 radical (unpaired) electrons. The Kier molecular flexibility index (Phi) is 3.29. The minimum absolute atomic E-state index is 0.0333. The Labute approximate surface area is 117 Å². The summed E-state index contributed by atoms with van der Waals surface area (Å²) in [4.78, 5) is 14.2. The average molecular weight is 269 g/mol. The van der Waals surface area contributed by atoms with Crippen LogP contribution in [0.3, 0.4) is 0 Å². The van der Waals surface area contributed by atoms with Crippen LogP contribution in [0.2, 0.25) is 0 Å². The van der Waals surface area contributed by atoms with Gasteiger partial charge in [-0.25, -0.2) is 0 Å². The molecule has 0 fully saturated rings. The van der Waals surface area contributed by atoms with Crippen molar-refractivity contribution in [3.05, 3.63) is 59.7 Å². The lowest BCUT2D eigenvalue weighted by atomic mass is 10.1. The molecule has 102 valence electrons. The van der Waals surface area contributed by atoms with Crippen molar-refractivity contribution < 1.29 is 14.3 Å². The number of rotatable bonds is 3. The van der Waals surface area contributed by atoms with Crippen molar-refractivity contribution in [3.8, 4) is 11.5 Å². The maximum atomic E-state index is 12.5. The first kappa shape index (κ1) is 12.5. The highest BCUT2D eigenvalue weighted by molar-refractivity contribution is 5.98. The number of amides is 1. The molecular formula is C16H15NO3. The lowest BCUT2D eigenvalue weighted by Crippen LogP contribution is -2.38. The molecule has 0 N–H and O–H groups in total. The monoisotopic (exact) mass is 269 g/mol. The fourth-order valence-electron chi connectivity index (χ4n) is 2.23. The minimum Gasteiger partial charge on any atom is -0.497 e. The molecule has 0 spiro atoms. The second kappa shape index (κ2) is 5.25. The van der Waals surface area contributed by atoms with Crippen molar-refractivity contribution in [1.82, 2.24) is 4.90 Å². The van der Waals surface area contributed by atoms with E-state index < -0.39 is 0 Å². The maximum absolute atomic E-state index is 12.5. The van der Waals surface area contributed by atoms with Gasteiger partial charge in [0.05, 0.1) is 12.7 Å². The molecule has 2 aromatic carbocycles. The Bertz CT molecular complexity index is 625. The van der Waals surface area contributed by atoms with E-state index in [9.17, 15) is 4.79 Å². The summed E-state index contributed by atoms with van der Waals surface area (Å²) in [6.07, 6.45) is 0. The van der Waals surface area contributed by atoms with Gasteiger partial charge in [0, 0.05) is 6.54 Å². The van der Waals surface area contributed by atoms with Gasteiger partial charge in [-0.05, 0) is 23.8 Å². The molecule has 4 heteroatoms. The topological polar surface area (TPSA) is 38.8 Å². The van der Waals surface area contributed by atoms with Gasteiger partial charge in [-0.3, -0.25) is 4.79 Å². The van der Waals surface area contributed by atoms with Crippen LogP contribution in [0.25, 0.3) is 0 Å². The lowest BCUT2D eigenvalue weighted by Gasteiger charge is -2.29. The van der Waals surface area contributed by atoms with E-state index in [1.54, 1.807) is 30.2 Å². The first-order valence-electron chi connectivity index (χ1n) is 6.42. The van der Waals surface area contributed by atoms with E-state index >= 15 is 0 Å². The molecule has 1 heterocycles. The second-order valence-electron chi connectivity index (χ2n) is 4.62. The summed E-state index contributed by atoms with van der Waals surface area (Å²) < 4.78 is 10.8. The zero-order valence-corrected chi connectivity index (χ0v) is 11.2. The first-order valence-corrected chi connectivity index (χ1v) is 6.42. The van der Waals surface area contributed by atoms with E-state index in [-0.39, 0.29) is 12.6 Å². The highest BCUT2D eigenvalue weighted by atomic mass is 16.5. The third kappa shape index (κ3) is 2.32. The summed E-state index contributed by atoms with van der Waals surface area (Å²) in [5.41, 5.74) is 1.63. The number of carbonyl (C=O) groups excluding carboxylic acids is 1. The molecule has 2 aromatic rings. The molecule has 1 amide bonds. The third-order valence-corrected chi connectivity index (χ3v) is 3.30. The molecule has 0 aliphatic carbocycles. The first-order chi connectivity index (χ1) is 9.78. The number of methoxy groups -OCH3 is 1. The molecule has 0 unspecified atom stereocenters. The molecule has 20 heavy (non-hydrogen) atoms. The average Bonchev–Trinajstić information content (AvgIpc) is 2.51. The molecule has 0 atom stereocenters. The van der Waals surface area contributed by atoms with Crippen molar-refractivity contribution in [2.24, 2.45) is 0 Å². The molecule has 1 aliphatic heterocycles. The summed E-state index contributed by atoms with van der Waals surface area (Å²) in [7, 11) is 1.58. The maximum Gasteiger partial charge on any atom is 0.260 e. The van der Waals surface area contributed by atoms with Crippen LogP contribution in [0.4, 0.5) is 0 Å². The SMILES string of the molecule is COc1ccc2c(c1)C(=O)N(Cc1ccccc1)CO2. The lowest BCUT2D eigenvalue weighted by molar-refractivity contribution is 0.0498. The zero-order chi connectivity index (χ0) is 13.9. The van der Waals surface area contributed by atoms with Crippen molar-refractivity contribution in [1.29, 1.82) is 0 Å². The molecule has 0 saturated carbocycles. The standard InChI is InChI=1S/C16H15NO3/c1-19-13-7-8-15-14(9-13)16(18)17(11-20-15)10-12-5-3-2-4-6-12/h2-9H,10-11H2,1H3. The summed E-state index contributed by atoms with van der Waals surface area (Å²) in [6.45, 7) is 0.809. The normalized spacial score (nSPS) is 13.7. The molecule has 4 nitrogen and oxygen atoms in total. The summed E-state index contributed by atoms with van der Waals surface area (Å²) >= 11 is 0. The number of ether oxygens (including phenoxy) is 2. The van der Waals surface area contributed by atoms with Crippen molar-refractivity contribution in [2.75, 3.05) is 13.8 Å². The molecule has 3 rings (SSSR count). The van der Waals surface area contributed by atoms with Gasteiger partial charge in [0.1, 0.15) is 11.5 Å². The fraction of sp³-hybridized carbons (Fsp3) is 0.188. The van der Waals surface area contributed by atoms with Crippen LogP contribution in [0, 0.1) is 0 Å². The van der Waals surface area contributed by atoms with Crippen molar-refractivity contribution in [2.45, 2.75) is 6.54 Å². The van der Waals surface area contributed by atoms with Gasteiger partial charge in [0.15, 0.2) is 6.73 Å². The van der Waals surface area contributed by atoms with Gasteiger partial charge in [-0.15, -0.1) is 0 Å². The van der Waals surface area contributed by atoms with E-state index in [4.69, 9.17) is 9.47 Å². The van der Waals surface area contributed by atoms with Gasteiger partial charge in [-0.2, -0.15) is 0 Å². The predicted octanol–water partition coefficient (Wildman–Crippen LogP) is 2.69. The Morgan fingerprint density at radius 3 is 2.75 bits per heavy atom. The van der Waals surface area contributed by atoms with Gasteiger partial charge >= 0.3 is 0 Å². The Balaban J connectivity index is 1.85. The number of benzene rings is 2. The highest BCUT2D eigenvalue weighted by Crippen LogP contribution is 2.29. The minimum atomic E-state index is -0.0333. The van der Waals surface area contributed by atoms with Crippen molar-refractivity contribution >= 4 is 5.91 Å². The summed E-state index contributed by atoms with van der Waals surface area (Å²) in [5, 5.41) is 0. The number of carbonyl (C=O) groups is 1. The van der Waals surface area contributed by atoms with Gasteiger partial charge in [0.25, 0.3) is 5.91 Å². The molecule has 0 saturated heterocycles. The second-order valence-corrected chi connectivity index (χ2v) is 4.62. The van der Waals surface area contributed by atoms with Crippen LogP contribution in [-0.4, -0.2) is 24.6 Å². The zero-order valence-electron chi connectivity index (χ0n) is 11.2. The number of nitrogens with zero attached hydrogens (tertiary/aromatic N) is 1. The molecular weight excluding hydrogens is 254 g/mol. The van der Waals surface area contributed by atoms with E-state index in [0.717, 1.165) is 5.56 Å². The molecule has 1 aliphatic rings. The largest absolute Gasteiger partial charge is 0.497 e. The summed E-state index contributed by atoms with van der Waals surface area (Å²) in [6, 6.07) is 15.1. The van der Waals surface area contributed by atoms with E-state index in [2.05, 4.69) is 0 Å². The summed E-state index contributed by atoms with van der Waals surface area (Å²) in [5.74, 6) is 1.23. The smallest absolute Gasteiger partial charge is 0.260 e. The van der Waals surface area contributed by atoms with Crippen LogP contribution in [0.1, 0.15) is 15.9 Å². The number of hydrogen-bond acceptors (Lipinski definition) is 3. The van der Waals surface area contributed by atoms with Crippen LogP contribution in [-0.2, 0) is 6.54 Å². The van der Waals surface area contributed by atoms with Gasteiger partial charge < -0.3 is 14.4 Å². The van der Waals surface area contributed by atoms with Crippen LogP contribution in [0.5, 0.6) is 11.5 Å². The molecule has 0 bridgehead atoms. The van der Waals surface area contributed by atoms with Crippen molar-refractivity contribution in [3.63, 3.8) is 0 Å². The number of fused-ring (bicyclic) bond motifs is 1. The van der Waals surface area contributed by atoms with E-state index in [0.29, 0.717) is 23.6 Å². The highest BCUT2D eigenvalue weighted by Gasteiger charge is 2.26. The fourth-order valence-corrected chi connectivity index (χ4v) is 2.23. The third-order valence-electron chi connectivity index (χ3n) is 3.30. The Hall–Kier alpha value is -2.49. The number of hydrogen-bond donors (Lipinski definition) is 0. The van der Waals surface area contributed by atoms with E-state index in [1.165, 1.54) is 0 Å². The predicted molar refractivity (Wildman–Crippen MR) is 74.8 cm³/mol. The quantitative estimate of drug-likeness (QED) is 0.860. The van der Waals surface area contributed by atoms with E-state index in [1.807, 2.05) is 30.3 Å². The van der Waals surface area contributed by atoms with Crippen LogP contribution >= 0.6 is 0 Å². The Morgan fingerprint density at radius 1 is 1.20 bits per heavy atom. The molecule has 0 aromatic heterocycles. The van der Waals surface area contributed by atoms with Gasteiger partial charge in [-0.1, -0.05) is 30.3 Å².